The Morgan fingerprint density at radius 2 is 0.358 bits per heavy atom. The van der Waals surface area contributed by atoms with Crippen molar-refractivity contribution in [1.82, 2.24) is 0 Å². The Balaban J connectivity index is 0.000000360. The molecular weight excluding hydrogens is 1550 g/mol. The maximum atomic E-state index is 6.75. The summed E-state index contributed by atoms with van der Waals surface area (Å²) >= 11 is 93.8. The van der Waals surface area contributed by atoms with Gasteiger partial charge in [0.1, 0.15) is 0 Å². The van der Waals surface area contributed by atoms with Gasteiger partial charge in [-0.2, -0.15) is 0 Å². The minimum atomic E-state index is 0. The third kappa shape index (κ3) is 31.5. The van der Waals surface area contributed by atoms with Gasteiger partial charge < -0.3 is 52.3 Å². The fourth-order valence-electron chi connectivity index (χ4n) is 5.56. The van der Waals surface area contributed by atoms with E-state index in [2.05, 4.69) is 41.2 Å². The first-order valence-electron chi connectivity index (χ1n) is 21.1. The van der Waals surface area contributed by atoms with Gasteiger partial charge in [0, 0.05) is 99.8 Å². The van der Waals surface area contributed by atoms with E-state index in [4.69, 9.17) is 197 Å². The Bertz CT molecular complexity index is 2910. The number of benzene rings is 8. The van der Waals surface area contributed by atoms with Gasteiger partial charge in [-0.05, 0) is 191 Å². The van der Waals surface area contributed by atoms with Crippen molar-refractivity contribution in [2.24, 2.45) is 20.0 Å². The van der Waals surface area contributed by atoms with Crippen molar-refractivity contribution in [2.45, 2.75) is 0 Å². The van der Waals surface area contributed by atoms with E-state index in [0.717, 1.165) is 0 Å². The molecule has 0 spiro atoms. The van der Waals surface area contributed by atoms with Gasteiger partial charge in [-0.25, -0.2) is 0 Å². The van der Waals surface area contributed by atoms with Crippen molar-refractivity contribution in [3.8, 4) is 0 Å². The molecule has 8 aromatic rings. The standard InChI is InChI=1S/4C13H7Cl4N2.N3.2Ru/c4*14-8-1-9(15)4-12(3-8)18-7-19-13-5-10(16)2-11(17)6-13;1-3-2;;/h4*1-7H;;;/q5*-1;;+5. The van der Waals surface area contributed by atoms with Gasteiger partial charge in [-0.15, -0.1) is 0 Å². The fourth-order valence-corrected chi connectivity index (χ4v) is 9.68. The number of nitrogens with zero attached hydrogens (tertiary/aromatic N) is 11. The minimum Gasteiger partial charge on any atom is -0.443 e. The summed E-state index contributed by atoms with van der Waals surface area (Å²) in [5, 5.41) is 24.8. The molecule has 11 nitrogen and oxygen atoms in total. The van der Waals surface area contributed by atoms with Crippen LogP contribution in [0.25, 0.3) is 37.2 Å². The van der Waals surface area contributed by atoms with Gasteiger partial charge >= 0.3 is 19.5 Å². The van der Waals surface area contributed by atoms with E-state index in [-0.39, 0.29) is 39.0 Å². The number of aliphatic imine (C=N–C) groups is 4. The van der Waals surface area contributed by atoms with E-state index in [1.54, 1.807) is 146 Å². The molecule has 0 aliphatic rings. The molecule has 0 heterocycles. The summed E-state index contributed by atoms with van der Waals surface area (Å²) in [5.41, 5.74) is 18.5. The van der Waals surface area contributed by atoms with Crippen LogP contribution in [-0.4, -0.2) is 25.4 Å². The second-order valence-corrected chi connectivity index (χ2v) is 21.6. The third-order valence-corrected chi connectivity index (χ3v) is 11.9. The smallest absolute Gasteiger partial charge is 0.443 e. The summed E-state index contributed by atoms with van der Waals surface area (Å²) < 4.78 is 0. The number of hydrogen-bond acceptors (Lipinski definition) is 4. The monoisotopic (exact) mass is 1570 g/mol. The maximum Gasteiger partial charge on any atom is 5.00 e. The van der Waals surface area contributed by atoms with Gasteiger partial charge in [0.15, 0.2) is 0 Å². The number of halogens is 16. The zero-order valence-electron chi connectivity index (χ0n) is 39.8. The van der Waals surface area contributed by atoms with Crippen molar-refractivity contribution in [3.63, 3.8) is 0 Å². The van der Waals surface area contributed by atoms with E-state index in [1.165, 1.54) is 30.3 Å². The van der Waals surface area contributed by atoms with E-state index < -0.39 is 0 Å². The van der Waals surface area contributed by atoms with Gasteiger partial charge in [0.05, 0.1) is 0 Å². The van der Waals surface area contributed by atoms with Crippen molar-refractivity contribution in [1.29, 1.82) is 0 Å². The average molecular weight is 1580 g/mol. The van der Waals surface area contributed by atoms with E-state index in [9.17, 15) is 0 Å². The van der Waals surface area contributed by atoms with E-state index >= 15 is 0 Å². The van der Waals surface area contributed by atoms with Crippen LogP contribution in [0.4, 0.5) is 45.5 Å². The summed E-state index contributed by atoms with van der Waals surface area (Å²) in [6, 6.07) is 40.0. The van der Waals surface area contributed by atoms with Crippen LogP contribution in [0.2, 0.25) is 80.4 Å². The van der Waals surface area contributed by atoms with Crippen LogP contribution in [0.15, 0.2) is 166 Å². The molecule has 29 heteroatoms. The average Bonchev–Trinajstić information content (AvgIpc) is 3.30. The first-order valence-corrected chi connectivity index (χ1v) is 27.2. The summed E-state index contributed by atoms with van der Waals surface area (Å²) in [4.78, 5) is 18.0. The molecule has 0 aliphatic heterocycles. The molecule has 0 atom stereocenters. The Morgan fingerprint density at radius 3 is 0.481 bits per heavy atom. The molecule has 0 saturated heterocycles. The van der Waals surface area contributed by atoms with Gasteiger partial charge in [0.25, 0.3) is 0 Å². The maximum absolute atomic E-state index is 6.75. The van der Waals surface area contributed by atoms with Gasteiger partial charge in [0.2, 0.25) is 0 Å². The largest absolute Gasteiger partial charge is 5.00 e. The van der Waals surface area contributed by atoms with Crippen LogP contribution in [0, 0.1) is 0 Å². The first-order chi connectivity index (χ1) is 37.5. The fraction of sp³-hybridized carbons (Fsp3) is 0. The molecule has 81 heavy (non-hydrogen) atoms. The molecule has 8 rings (SSSR count). The quantitative estimate of drug-likeness (QED) is 0.0284. The van der Waals surface area contributed by atoms with Crippen LogP contribution in [-0.2, 0) is 39.0 Å². The second-order valence-electron chi connectivity index (χ2n) is 14.6. The summed E-state index contributed by atoms with van der Waals surface area (Å²) in [7, 11) is 0. The molecule has 0 N–H and O–H groups in total. The van der Waals surface area contributed by atoms with Crippen molar-refractivity contribution in [3.05, 3.63) is 263 Å². The van der Waals surface area contributed by atoms with Gasteiger partial charge in [-0.1, -0.05) is 211 Å². The zero-order valence-corrected chi connectivity index (χ0v) is 55.4. The summed E-state index contributed by atoms with van der Waals surface area (Å²) in [5.74, 6) is 0. The molecule has 0 saturated carbocycles. The molecule has 1 radical (unpaired) electrons. The Labute approximate surface area is 572 Å². The molecular formula is C52H28Cl16N11Ru2. The predicted octanol–water partition coefficient (Wildman–Crippen LogP) is 27.5. The van der Waals surface area contributed by atoms with Crippen LogP contribution in [0.3, 0.4) is 0 Å². The third-order valence-electron chi connectivity index (χ3n) is 8.43. The Morgan fingerprint density at radius 1 is 0.247 bits per heavy atom. The Hall–Kier alpha value is -3.16. The topological polar surface area (TPSA) is 165 Å². The summed E-state index contributed by atoms with van der Waals surface area (Å²) in [6.45, 7) is 0. The first kappa shape index (κ1) is 73.9. The second kappa shape index (κ2) is 39.5. The van der Waals surface area contributed by atoms with Crippen molar-refractivity contribution < 1.29 is 39.0 Å². The van der Waals surface area contributed by atoms with Gasteiger partial charge in [-0.3, -0.25) is 4.91 Å². The SMILES string of the molecule is Clc1cc(Cl)cc(N=C[N-]c2cc(Cl)cc(Cl)c2)c1.Clc1cc(Cl)cc(N=C[N-]c2cc(Cl)cc(Cl)c2)c1.Clc1cc(Cl)cc(N=C[N-]c2cc(Cl)cc(Cl)c2)c1.Clc1cc(Cl)cc(N=C[N-]c2cc(Cl)cc(Cl)c2)c1.[N-]=[N+]=[N-].[Ru+5].[Ru]. The summed E-state index contributed by atoms with van der Waals surface area (Å²) in [6.07, 6.45) is 5.57. The van der Waals surface area contributed by atoms with Crippen LogP contribution >= 0.6 is 186 Å². The normalized spacial score (nSPS) is 10.4. The van der Waals surface area contributed by atoms with Crippen LogP contribution in [0.5, 0.6) is 0 Å². The molecule has 8 aromatic carbocycles. The molecule has 0 bridgehead atoms. The Kier molecular flexibility index (Phi) is 36.0. The van der Waals surface area contributed by atoms with Crippen molar-refractivity contribution in [2.75, 3.05) is 0 Å². The molecule has 0 aliphatic carbocycles. The molecule has 419 valence electrons. The van der Waals surface area contributed by atoms with Crippen LogP contribution in [0.1, 0.15) is 0 Å². The van der Waals surface area contributed by atoms with Crippen molar-refractivity contribution >= 4 is 256 Å². The van der Waals surface area contributed by atoms with Crippen LogP contribution < -0.4 is 0 Å². The minimum absolute atomic E-state index is 0. The van der Waals surface area contributed by atoms with E-state index in [0.29, 0.717) is 126 Å². The molecule has 0 fully saturated rings. The number of rotatable bonds is 12. The zero-order chi connectivity index (χ0) is 58.0. The molecule has 0 amide bonds. The molecule has 0 aromatic heterocycles. The number of hydrogen-bond donors (Lipinski definition) is 0. The molecule has 0 unspecified atom stereocenters. The van der Waals surface area contributed by atoms with E-state index in [1.807, 2.05) is 0 Å². The predicted molar refractivity (Wildman–Crippen MR) is 346 cm³/mol.